The van der Waals surface area contributed by atoms with Gasteiger partial charge in [0.05, 0.1) is 19.3 Å². The predicted octanol–water partition coefficient (Wildman–Crippen LogP) is -4.73. The molecule has 1 aliphatic heterocycles. The number of aliphatic hydroxyl groups excluding tert-OH is 8. The summed E-state index contributed by atoms with van der Waals surface area (Å²) in [4.78, 5) is 0. The van der Waals surface area contributed by atoms with Gasteiger partial charge in [0.25, 0.3) is 0 Å². The molecule has 0 radical (unpaired) electrons. The molecule has 0 amide bonds. The smallest absolute Gasteiger partial charge is 0.187 e. The van der Waals surface area contributed by atoms with Gasteiger partial charge in [-0.05, 0) is 6.92 Å². The van der Waals surface area contributed by atoms with Gasteiger partial charge in [0.2, 0.25) is 0 Å². The summed E-state index contributed by atoms with van der Waals surface area (Å²) in [6.45, 7) is -0.249. The van der Waals surface area contributed by atoms with Crippen molar-refractivity contribution in [2.45, 2.75) is 62.0 Å². The second kappa shape index (κ2) is 8.45. The van der Waals surface area contributed by atoms with Gasteiger partial charge >= 0.3 is 0 Å². The maximum atomic E-state index is 9.82. The van der Waals surface area contributed by atoms with E-state index in [0.717, 1.165) is 0 Å². The molecule has 1 rings (SSSR count). The minimum atomic E-state index is -1.73. The fourth-order valence-corrected chi connectivity index (χ4v) is 2.11. The maximum absolute atomic E-state index is 9.82. The van der Waals surface area contributed by atoms with Gasteiger partial charge in [-0.1, -0.05) is 0 Å². The zero-order valence-electron chi connectivity index (χ0n) is 12.0. The first-order valence-electron chi connectivity index (χ1n) is 6.85. The molecule has 10 heteroatoms. The molecule has 1 heterocycles. The van der Waals surface area contributed by atoms with Crippen LogP contribution in [0, 0.1) is 0 Å². The number of rotatable bonds is 7. The molecule has 0 spiro atoms. The van der Waals surface area contributed by atoms with Gasteiger partial charge in [0.15, 0.2) is 6.29 Å². The second-order valence-electron chi connectivity index (χ2n) is 5.28. The lowest BCUT2D eigenvalue weighted by Crippen LogP contribution is -2.61. The van der Waals surface area contributed by atoms with Gasteiger partial charge in [-0.3, -0.25) is 0 Å². The average Bonchev–Trinajstić information content (AvgIpc) is 2.50. The number of ether oxygens (including phenoxy) is 2. The molecule has 0 unspecified atom stereocenters. The van der Waals surface area contributed by atoms with Crippen molar-refractivity contribution in [1.29, 1.82) is 0 Å². The van der Waals surface area contributed by atoms with Gasteiger partial charge < -0.3 is 50.3 Å². The lowest BCUT2D eigenvalue weighted by molar-refractivity contribution is -0.326. The molecule has 1 saturated heterocycles. The predicted molar refractivity (Wildman–Crippen MR) is 69.4 cm³/mol. The first kappa shape index (κ1) is 19.6. The summed E-state index contributed by atoms with van der Waals surface area (Å²) in [5.41, 5.74) is 0. The standard InChI is InChI=1S/C12H24O10/c1-4(15)7(17)11(5(16)2-13)22-12-10(20)9(19)8(18)6(3-14)21-12/h4-20H,2-3H2,1H3/t4-,5-,6+,7-,8+,9-,10+,11+,12+/m0/s1. The molecule has 1 aliphatic rings. The summed E-state index contributed by atoms with van der Waals surface area (Å²) in [5, 5.41) is 75.9. The van der Waals surface area contributed by atoms with Crippen LogP contribution in [0.2, 0.25) is 0 Å². The van der Waals surface area contributed by atoms with Crippen molar-refractivity contribution in [2.24, 2.45) is 0 Å². The molecular formula is C12H24O10. The van der Waals surface area contributed by atoms with Crippen LogP contribution in [0.3, 0.4) is 0 Å². The van der Waals surface area contributed by atoms with Crippen LogP contribution >= 0.6 is 0 Å². The molecule has 0 aromatic rings. The van der Waals surface area contributed by atoms with E-state index in [1.165, 1.54) is 6.92 Å². The van der Waals surface area contributed by atoms with Gasteiger partial charge in [0, 0.05) is 0 Å². The van der Waals surface area contributed by atoms with Crippen LogP contribution in [-0.2, 0) is 9.47 Å². The average molecular weight is 328 g/mol. The SMILES string of the molecule is C[C@H](O)[C@H](O)[C@H](O[C@H]1O[C@H](CO)[C@@H](O)[C@H](O)[C@H]1O)[C@@H](O)CO. The minimum absolute atomic E-state index is 0.670. The highest BCUT2D eigenvalue weighted by atomic mass is 16.7. The van der Waals surface area contributed by atoms with Crippen molar-refractivity contribution in [3.63, 3.8) is 0 Å². The zero-order chi connectivity index (χ0) is 17.0. The summed E-state index contributed by atoms with van der Waals surface area (Å²) >= 11 is 0. The Morgan fingerprint density at radius 3 is 2.05 bits per heavy atom. The first-order valence-corrected chi connectivity index (χ1v) is 6.85. The second-order valence-corrected chi connectivity index (χ2v) is 5.28. The van der Waals surface area contributed by atoms with Crippen molar-refractivity contribution in [3.05, 3.63) is 0 Å². The van der Waals surface area contributed by atoms with Crippen molar-refractivity contribution in [3.8, 4) is 0 Å². The summed E-state index contributed by atoms with van der Waals surface area (Å²) in [6, 6.07) is 0. The number of aliphatic hydroxyl groups is 8. The highest BCUT2D eigenvalue weighted by molar-refractivity contribution is 4.90. The third-order valence-electron chi connectivity index (χ3n) is 3.54. The first-order chi connectivity index (χ1) is 10.2. The molecule has 0 bridgehead atoms. The van der Waals surface area contributed by atoms with E-state index in [4.69, 9.17) is 19.7 Å². The van der Waals surface area contributed by atoms with E-state index >= 15 is 0 Å². The topological polar surface area (TPSA) is 180 Å². The molecule has 10 nitrogen and oxygen atoms in total. The Kier molecular flexibility index (Phi) is 7.55. The zero-order valence-corrected chi connectivity index (χ0v) is 12.0. The molecule has 8 N–H and O–H groups in total. The van der Waals surface area contributed by atoms with Gasteiger partial charge in [-0.2, -0.15) is 0 Å². The van der Waals surface area contributed by atoms with Crippen LogP contribution in [0.25, 0.3) is 0 Å². The molecule has 9 atom stereocenters. The maximum Gasteiger partial charge on any atom is 0.187 e. The summed E-state index contributed by atoms with van der Waals surface area (Å²) in [6.07, 6.45) is -13.9. The highest BCUT2D eigenvalue weighted by Crippen LogP contribution is 2.24. The molecular weight excluding hydrogens is 304 g/mol. The van der Waals surface area contributed by atoms with Crippen molar-refractivity contribution in [2.75, 3.05) is 13.2 Å². The quantitative estimate of drug-likeness (QED) is 0.226. The van der Waals surface area contributed by atoms with Gasteiger partial charge in [0.1, 0.15) is 42.7 Å². The van der Waals surface area contributed by atoms with Crippen LogP contribution in [-0.4, -0.2) is 109 Å². The van der Waals surface area contributed by atoms with E-state index < -0.39 is 68.3 Å². The van der Waals surface area contributed by atoms with E-state index in [-0.39, 0.29) is 0 Å². The lowest BCUT2D eigenvalue weighted by atomic mass is 9.98. The van der Waals surface area contributed by atoms with Crippen molar-refractivity contribution < 1.29 is 50.3 Å². The number of hydrogen-bond donors (Lipinski definition) is 8. The molecule has 0 aromatic heterocycles. The molecule has 132 valence electrons. The van der Waals surface area contributed by atoms with E-state index in [9.17, 15) is 30.6 Å². The van der Waals surface area contributed by atoms with Crippen LogP contribution < -0.4 is 0 Å². The van der Waals surface area contributed by atoms with Gasteiger partial charge in [-0.15, -0.1) is 0 Å². The summed E-state index contributed by atoms with van der Waals surface area (Å²) in [5.74, 6) is 0. The van der Waals surface area contributed by atoms with E-state index in [1.54, 1.807) is 0 Å². The fourth-order valence-electron chi connectivity index (χ4n) is 2.11. The Bertz CT molecular complexity index is 325. The van der Waals surface area contributed by atoms with Crippen LogP contribution in [0.4, 0.5) is 0 Å². The third-order valence-corrected chi connectivity index (χ3v) is 3.54. The Balaban J connectivity index is 2.86. The molecule has 0 saturated carbocycles. The lowest BCUT2D eigenvalue weighted by Gasteiger charge is -2.42. The monoisotopic (exact) mass is 328 g/mol. The number of hydrogen-bond acceptors (Lipinski definition) is 10. The van der Waals surface area contributed by atoms with E-state index in [2.05, 4.69) is 0 Å². The van der Waals surface area contributed by atoms with Crippen molar-refractivity contribution >= 4 is 0 Å². The summed E-state index contributed by atoms with van der Waals surface area (Å²) in [7, 11) is 0. The third kappa shape index (κ3) is 4.32. The van der Waals surface area contributed by atoms with E-state index in [0.29, 0.717) is 0 Å². The Morgan fingerprint density at radius 2 is 1.59 bits per heavy atom. The molecule has 22 heavy (non-hydrogen) atoms. The fraction of sp³-hybridized carbons (Fsp3) is 1.00. The Labute approximate surface area is 126 Å². The Morgan fingerprint density at radius 1 is 1.00 bits per heavy atom. The Hall–Kier alpha value is -0.400. The largest absolute Gasteiger partial charge is 0.394 e. The summed E-state index contributed by atoms with van der Waals surface area (Å²) < 4.78 is 10.2. The molecule has 1 fully saturated rings. The van der Waals surface area contributed by atoms with Gasteiger partial charge in [-0.25, -0.2) is 0 Å². The minimum Gasteiger partial charge on any atom is -0.394 e. The van der Waals surface area contributed by atoms with Crippen LogP contribution in [0.5, 0.6) is 0 Å². The normalized spacial score (nSPS) is 38.3. The highest BCUT2D eigenvalue weighted by Gasteiger charge is 2.46. The molecule has 0 aromatic carbocycles. The van der Waals surface area contributed by atoms with Crippen LogP contribution in [0.15, 0.2) is 0 Å². The van der Waals surface area contributed by atoms with Crippen molar-refractivity contribution in [1.82, 2.24) is 0 Å². The van der Waals surface area contributed by atoms with Crippen LogP contribution in [0.1, 0.15) is 6.92 Å². The molecule has 0 aliphatic carbocycles. The van der Waals surface area contributed by atoms with E-state index in [1.807, 2.05) is 0 Å².